The lowest BCUT2D eigenvalue weighted by atomic mass is 10.0. The summed E-state index contributed by atoms with van der Waals surface area (Å²) in [5, 5.41) is 10.6. The summed E-state index contributed by atoms with van der Waals surface area (Å²) < 4.78 is 11.3. The Morgan fingerprint density at radius 2 is 1.43 bits per heavy atom. The fourth-order valence-electron chi connectivity index (χ4n) is 3.08. The molecule has 2 atom stereocenters. The smallest absolute Gasteiger partial charge is 0.254 e. The van der Waals surface area contributed by atoms with Gasteiger partial charge in [0.1, 0.15) is 24.7 Å². The predicted octanol–water partition coefficient (Wildman–Crippen LogP) is 4.34. The van der Waals surface area contributed by atoms with Crippen molar-refractivity contribution >= 4 is 5.91 Å². The van der Waals surface area contributed by atoms with Gasteiger partial charge in [-0.05, 0) is 42.8 Å². The van der Waals surface area contributed by atoms with E-state index in [2.05, 4.69) is 0 Å². The minimum atomic E-state index is -0.769. The highest BCUT2D eigenvalue weighted by molar-refractivity contribution is 5.94. The maximum atomic E-state index is 12.9. The number of benzene rings is 3. The van der Waals surface area contributed by atoms with E-state index in [1.54, 1.807) is 30.1 Å². The Labute approximate surface area is 177 Å². The first-order chi connectivity index (χ1) is 14.6. The monoisotopic (exact) mass is 405 g/mol. The number of para-hydroxylation sites is 1. The van der Waals surface area contributed by atoms with Crippen LogP contribution in [0.5, 0.6) is 11.5 Å². The average molecular weight is 405 g/mol. The van der Waals surface area contributed by atoms with E-state index in [0.717, 1.165) is 11.3 Å². The molecule has 0 spiro atoms. The van der Waals surface area contributed by atoms with Gasteiger partial charge in [0.15, 0.2) is 0 Å². The maximum absolute atomic E-state index is 12.9. The molecule has 2 unspecified atom stereocenters. The number of ether oxygens (including phenoxy) is 2. The van der Waals surface area contributed by atoms with Crippen LogP contribution < -0.4 is 9.47 Å². The van der Waals surface area contributed by atoms with Crippen molar-refractivity contribution in [3.8, 4) is 11.5 Å². The number of hydrogen-bond acceptors (Lipinski definition) is 4. The second kappa shape index (κ2) is 10.5. The van der Waals surface area contributed by atoms with Crippen LogP contribution in [0.1, 0.15) is 28.9 Å². The normalized spacial score (nSPS) is 12.6. The van der Waals surface area contributed by atoms with E-state index in [0.29, 0.717) is 24.5 Å². The van der Waals surface area contributed by atoms with E-state index < -0.39 is 6.10 Å². The molecule has 0 aromatic heterocycles. The lowest BCUT2D eigenvalue weighted by Gasteiger charge is -2.29. The Hall–Kier alpha value is -3.31. The van der Waals surface area contributed by atoms with E-state index in [1.807, 2.05) is 73.7 Å². The Morgan fingerprint density at radius 1 is 0.867 bits per heavy atom. The maximum Gasteiger partial charge on any atom is 0.254 e. The Morgan fingerprint density at radius 3 is 2.10 bits per heavy atom. The van der Waals surface area contributed by atoms with Crippen molar-refractivity contribution in [3.63, 3.8) is 0 Å². The zero-order valence-corrected chi connectivity index (χ0v) is 17.3. The second-order valence-electron chi connectivity index (χ2n) is 7.05. The summed E-state index contributed by atoms with van der Waals surface area (Å²) in [6.07, 6.45) is -0.769. The van der Waals surface area contributed by atoms with Gasteiger partial charge >= 0.3 is 0 Å². The summed E-state index contributed by atoms with van der Waals surface area (Å²) in [5.74, 6) is 1.21. The highest BCUT2D eigenvalue weighted by Crippen LogP contribution is 2.22. The summed E-state index contributed by atoms with van der Waals surface area (Å²) in [7, 11) is 1.69. The highest BCUT2D eigenvalue weighted by Gasteiger charge is 2.25. The van der Waals surface area contributed by atoms with E-state index in [9.17, 15) is 9.90 Å². The van der Waals surface area contributed by atoms with Gasteiger partial charge < -0.3 is 19.5 Å². The summed E-state index contributed by atoms with van der Waals surface area (Å²) >= 11 is 0. The number of nitrogens with zero attached hydrogens (tertiary/aromatic N) is 1. The fraction of sp³-hybridized carbons (Fsp3) is 0.240. The van der Waals surface area contributed by atoms with Gasteiger partial charge in [-0.2, -0.15) is 0 Å². The molecule has 0 heterocycles. The van der Waals surface area contributed by atoms with Crippen LogP contribution in [0.2, 0.25) is 0 Å². The van der Waals surface area contributed by atoms with Crippen molar-refractivity contribution in [1.82, 2.24) is 4.90 Å². The average Bonchev–Trinajstić information content (AvgIpc) is 2.81. The summed E-state index contributed by atoms with van der Waals surface area (Å²) in [6.45, 7) is 2.60. The molecule has 3 rings (SSSR count). The molecule has 5 heteroatoms. The lowest BCUT2D eigenvalue weighted by Crippen LogP contribution is -2.39. The summed E-state index contributed by atoms with van der Waals surface area (Å²) in [4.78, 5) is 14.5. The van der Waals surface area contributed by atoms with Crippen molar-refractivity contribution in [2.75, 3.05) is 20.3 Å². The summed E-state index contributed by atoms with van der Waals surface area (Å²) in [5.41, 5.74) is 1.28. The number of rotatable bonds is 9. The second-order valence-corrected chi connectivity index (χ2v) is 7.05. The van der Waals surface area contributed by atoms with Crippen LogP contribution in [0, 0.1) is 0 Å². The molecule has 0 aliphatic heterocycles. The van der Waals surface area contributed by atoms with Gasteiger partial charge in [0, 0.05) is 12.6 Å². The fourth-order valence-corrected chi connectivity index (χ4v) is 3.08. The number of aliphatic hydroxyl groups is 1. The van der Waals surface area contributed by atoms with Crippen LogP contribution in [-0.2, 0) is 0 Å². The Balaban J connectivity index is 1.56. The number of carbonyl (C=O) groups is 1. The van der Waals surface area contributed by atoms with Crippen molar-refractivity contribution in [2.45, 2.75) is 19.1 Å². The summed E-state index contributed by atoms with van der Waals surface area (Å²) in [6, 6.07) is 25.5. The largest absolute Gasteiger partial charge is 0.490 e. The molecule has 1 amide bonds. The van der Waals surface area contributed by atoms with Gasteiger partial charge in [-0.3, -0.25) is 4.79 Å². The molecule has 3 aromatic carbocycles. The van der Waals surface area contributed by atoms with Crippen molar-refractivity contribution in [1.29, 1.82) is 0 Å². The zero-order valence-electron chi connectivity index (χ0n) is 17.3. The third-order valence-corrected chi connectivity index (χ3v) is 4.97. The van der Waals surface area contributed by atoms with E-state index in [1.165, 1.54) is 0 Å². The SMILES string of the molecule is CC(C(O)c1ccccc1)N(C)C(=O)c1cccc(OCCOc2ccccc2)c1. The quantitative estimate of drug-likeness (QED) is 0.538. The molecule has 0 saturated carbocycles. The third-order valence-electron chi connectivity index (χ3n) is 4.97. The molecule has 0 saturated heterocycles. The van der Waals surface area contributed by atoms with Gasteiger partial charge in [-0.15, -0.1) is 0 Å². The standard InChI is InChI=1S/C25H27NO4/c1-19(24(27)20-10-5-3-6-11-20)26(2)25(28)21-12-9-15-23(18-21)30-17-16-29-22-13-7-4-8-14-22/h3-15,18-19,24,27H,16-17H2,1-2H3. The first-order valence-electron chi connectivity index (χ1n) is 9.97. The highest BCUT2D eigenvalue weighted by atomic mass is 16.5. The molecule has 5 nitrogen and oxygen atoms in total. The van der Waals surface area contributed by atoms with Crippen molar-refractivity contribution < 1.29 is 19.4 Å². The van der Waals surface area contributed by atoms with Crippen LogP contribution in [0.4, 0.5) is 0 Å². The Kier molecular flexibility index (Phi) is 7.46. The van der Waals surface area contributed by atoms with Gasteiger partial charge in [-0.1, -0.05) is 54.6 Å². The van der Waals surface area contributed by atoms with Gasteiger partial charge in [0.25, 0.3) is 5.91 Å². The first kappa shape index (κ1) is 21.4. The van der Waals surface area contributed by atoms with Crippen LogP contribution in [0.3, 0.4) is 0 Å². The first-order valence-corrected chi connectivity index (χ1v) is 9.97. The number of likely N-dealkylation sites (N-methyl/N-ethyl adjacent to an activating group) is 1. The molecule has 0 bridgehead atoms. The van der Waals surface area contributed by atoms with Gasteiger partial charge in [0.05, 0.1) is 12.1 Å². The molecule has 0 fully saturated rings. The molecule has 1 N–H and O–H groups in total. The topological polar surface area (TPSA) is 59.0 Å². The third kappa shape index (κ3) is 5.61. The van der Waals surface area contributed by atoms with E-state index in [4.69, 9.17) is 9.47 Å². The van der Waals surface area contributed by atoms with Crippen LogP contribution in [-0.4, -0.2) is 42.2 Å². The van der Waals surface area contributed by atoms with Crippen LogP contribution in [0.25, 0.3) is 0 Å². The molecule has 156 valence electrons. The molecule has 0 radical (unpaired) electrons. The van der Waals surface area contributed by atoms with E-state index in [-0.39, 0.29) is 11.9 Å². The Bertz CT molecular complexity index is 930. The van der Waals surface area contributed by atoms with Gasteiger partial charge in [0.2, 0.25) is 0 Å². The molecule has 0 aliphatic rings. The molecular weight excluding hydrogens is 378 g/mol. The number of aliphatic hydroxyl groups excluding tert-OH is 1. The molecule has 3 aromatic rings. The lowest BCUT2D eigenvalue weighted by molar-refractivity contribution is 0.0486. The minimum Gasteiger partial charge on any atom is -0.490 e. The van der Waals surface area contributed by atoms with Crippen molar-refractivity contribution in [2.24, 2.45) is 0 Å². The number of amides is 1. The van der Waals surface area contributed by atoms with Crippen molar-refractivity contribution in [3.05, 3.63) is 96.1 Å². The molecule has 0 aliphatic carbocycles. The van der Waals surface area contributed by atoms with Crippen LogP contribution >= 0.6 is 0 Å². The number of hydrogen-bond donors (Lipinski definition) is 1. The minimum absolute atomic E-state index is 0.177. The van der Waals surface area contributed by atoms with E-state index >= 15 is 0 Å². The van der Waals surface area contributed by atoms with Gasteiger partial charge in [-0.25, -0.2) is 0 Å². The predicted molar refractivity (Wildman–Crippen MR) is 117 cm³/mol. The van der Waals surface area contributed by atoms with Crippen LogP contribution in [0.15, 0.2) is 84.9 Å². The molecular formula is C25H27NO4. The number of carbonyl (C=O) groups excluding carboxylic acids is 1. The zero-order chi connectivity index (χ0) is 21.3. The molecule has 30 heavy (non-hydrogen) atoms.